The SMILES string of the molecule is Cc1cc(C(=O)N[C@@H]2CCC[C@@H](C(=O)NC3CC3)CC(=O)N(C)C2)nn1C. The molecule has 1 saturated carbocycles. The van der Waals surface area contributed by atoms with Gasteiger partial charge in [-0.3, -0.25) is 19.1 Å². The summed E-state index contributed by atoms with van der Waals surface area (Å²) >= 11 is 0. The smallest absolute Gasteiger partial charge is 0.272 e. The summed E-state index contributed by atoms with van der Waals surface area (Å²) < 4.78 is 1.66. The summed E-state index contributed by atoms with van der Waals surface area (Å²) in [5.74, 6) is -0.577. The first kappa shape index (κ1) is 19.4. The third-order valence-electron chi connectivity index (χ3n) is 5.42. The first-order valence-electron chi connectivity index (χ1n) is 9.69. The van der Waals surface area contributed by atoms with Gasteiger partial charge in [0.15, 0.2) is 0 Å². The maximum absolute atomic E-state index is 12.5. The second-order valence-electron chi connectivity index (χ2n) is 7.85. The maximum atomic E-state index is 12.5. The molecule has 148 valence electrons. The first-order chi connectivity index (χ1) is 12.8. The monoisotopic (exact) mass is 375 g/mol. The van der Waals surface area contributed by atoms with Crippen molar-refractivity contribution < 1.29 is 14.4 Å². The lowest BCUT2D eigenvalue weighted by atomic mass is 9.96. The number of nitrogens with zero attached hydrogens (tertiary/aromatic N) is 3. The summed E-state index contributed by atoms with van der Waals surface area (Å²) in [6.07, 6.45) is 4.47. The highest BCUT2D eigenvalue weighted by Crippen LogP contribution is 2.23. The highest BCUT2D eigenvalue weighted by atomic mass is 16.2. The number of hydrogen-bond donors (Lipinski definition) is 2. The van der Waals surface area contributed by atoms with E-state index < -0.39 is 0 Å². The lowest BCUT2D eigenvalue weighted by Crippen LogP contribution is -2.44. The van der Waals surface area contributed by atoms with Crippen molar-refractivity contribution in [1.29, 1.82) is 0 Å². The fourth-order valence-corrected chi connectivity index (χ4v) is 3.42. The first-order valence-corrected chi connectivity index (χ1v) is 9.69. The van der Waals surface area contributed by atoms with E-state index in [9.17, 15) is 14.4 Å². The van der Waals surface area contributed by atoms with E-state index in [0.29, 0.717) is 24.7 Å². The molecule has 0 unspecified atom stereocenters. The Morgan fingerprint density at radius 1 is 1.11 bits per heavy atom. The molecule has 0 aromatic carbocycles. The third-order valence-corrected chi connectivity index (χ3v) is 5.42. The summed E-state index contributed by atoms with van der Waals surface area (Å²) in [6.45, 7) is 2.33. The summed E-state index contributed by atoms with van der Waals surface area (Å²) in [5.41, 5.74) is 1.29. The lowest BCUT2D eigenvalue weighted by Gasteiger charge is -2.24. The number of amides is 3. The van der Waals surface area contributed by atoms with Crippen molar-refractivity contribution in [3.05, 3.63) is 17.5 Å². The van der Waals surface area contributed by atoms with Crippen LogP contribution in [0.3, 0.4) is 0 Å². The fraction of sp³-hybridized carbons (Fsp3) is 0.684. The van der Waals surface area contributed by atoms with Gasteiger partial charge in [-0.05, 0) is 38.7 Å². The molecule has 8 nitrogen and oxygen atoms in total. The van der Waals surface area contributed by atoms with Crippen molar-refractivity contribution in [1.82, 2.24) is 25.3 Å². The summed E-state index contributed by atoms with van der Waals surface area (Å²) in [5, 5.41) is 10.2. The largest absolute Gasteiger partial charge is 0.353 e. The quantitative estimate of drug-likeness (QED) is 0.812. The van der Waals surface area contributed by atoms with E-state index in [1.54, 1.807) is 29.7 Å². The molecule has 0 radical (unpaired) electrons. The Balaban J connectivity index is 1.61. The molecule has 2 aliphatic rings. The third kappa shape index (κ3) is 5.08. The van der Waals surface area contributed by atoms with Gasteiger partial charge in [-0.25, -0.2) is 0 Å². The molecule has 1 aliphatic carbocycles. The van der Waals surface area contributed by atoms with Gasteiger partial charge in [-0.15, -0.1) is 0 Å². The topological polar surface area (TPSA) is 96.3 Å². The van der Waals surface area contributed by atoms with Gasteiger partial charge in [0.05, 0.1) is 0 Å². The fourth-order valence-electron chi connectivity index (χ4n) is 3.42. The van der Waals surface area contributed by atoms with Crippen LogP contribution in [-0.2, 0) is 16.6 Å². The number of carbonyl (C=O) groups is 3. The van der Waals surface area contributed by atoms with Crippen LogP contribution in [0.5, 0.6) is 0 Å². The Hall–Kier alpha value is -2.38. The van der Waals surface area contributed by atoms with E-state index in [2.05, 4.69) is 15.7 Å². The van der Waals surface area contributed by atoms with E-state index >= 15 is 0 Å². The van der Waals surface area contributed by atoms with Gasteiger partial charge in [-0.1, -0.05) is 6.42 Å². The zero-order chi connectivity index (χ0) is 19.6. The van der Waals surface area contributed by atoms with Gasteiger partial charge < -0.3 is 15.5 Å². The highest BCUT2D eigenvalue weighted by molar-refractivity contribution is 5.92. The minimum atomic E-state index is -0.284. The van der Waals surface area contributed by atoms with Gasteiger partial charge >= 0.3 is 0 Å². The molecular weight excluding hydrogens is 346 g/mol. The van der Waals surface area contributed by atoms with Crippen molar-refractivity contribution in [2.24, 2.45) is 13.0 Å². The normalized spacial score (nSPS) is 24.0. The predicted molar refractivity (Wildman–Crippen MR) is 100.0 cm³/mol. The number of aryl methyl sites for hydroxylation is 2. The second-order valence-corrected chi connectivity index (χ2v) is 7.85. The minimum absolute atomic E-state index is 0.00861. The van der Waals surface area contributed by atoms with Crippen LogP contribution in [-0.4, -0.2) is 58.1 Å². The summed E-state index contributed by atoms with van der Waals surface area (Å²) in [4.78, 5) is 39.0. The van der Waals surface area contributed by atoms with Gasteiger partial charge in [0, 0.05) is 50.8 Å². The Morgan fingerprint density at radius 2 is 1.85 bits per heavy atom. The molecule has 2 fully saturated rings. The predicted octanol–water partition coefficient (Wildman–Crippen LogP) is 0.754. The number of carbonyl (C=O) groups excluding carboxylic acids is 3. The Morgan fingerprint density at radius 3 is 2.48 bits per heavy atom. The Kier molecular flexibility index (Phi) is 5.82. The average molecular weight is 375 g/mol. The van der Waals surface area contributed by atoms with E-state index in [1.807, 2.05) is 6.92 Å². The molecule has 2 atom stereocenters. The van der Waals surface area contributed by atoms with Crippen molar-refractivity contribution in [2.45, 2.75) is 57.5 Å². The van der Waals surface area contributed by atoms with E-state index in [1.165, 1.54) is 0 Å². The number of hydrogen-bond acceptors (Lipinski definition) is 4. The average Bonchev–Trinajstić information content (AvgIpc) is 3.35. The van der Waals surface area contributed by atoms with Crippen LogP contribution in [0.2, 0.25) is 0 Å². The molecule has 3 rings (SSSR count). The molecule has 1 aromatic heterocycles. The van der Waals surface area contributed by atoms with Crippen LogP contribution < -0.4 is 10.6 Å². The van der Waals surface area contributed by atoms with Gasteiger partial charge in [0.2, 0.25) is 11.8 Å². The van der Waals surface area contributed by atoms with Crippen LogP contribution in [0.4, 0.5) is 0 Å². The van der Waals surface area contributed by atoms with Crippen LogP contribution in [0, 0.1) is 12.8 Å². The number of nitrogens with one attached hydrogen (secondary N) is 2. The van der Waals surface area contributed by atoms with Crippen LogP contribution in [0.25, 0.3) is 0 Å². The molecule has 1 aliphatic heterocycles. The minimum Gasteiger partial charge on any atom is -0.353 e. The number of likely N-dealkylation sites (N-methyl/N-ethyl adjacent to an activating group) is 1. The Labute approximate surface area is 159 Å². The molecule has 0 spiro atoms. The summed E-state index contributed by atoms with van der Waals surface area (Å²) in [7, 11) is 3.53. The van der Waals surface area contributed by atoms with Gasteiger partial charge in [0.1, 0.15) is 5.69 Å². The molecule has 1 saturated heterocycles. The molecule has 3 amide bonds. The van der Waals surface area contributed by atoms with Crippen molar-refractivity contribution in [3.63, 3.8) is 0 Å². The highest BCUT2D eigenvalue weighted by Gasteiger charge is 2.31. The summed E-state index contributed by atoms with van der Waals surface area (Å²) in [6, 6.07) is 1.89. The van der Waals surface area contributed by atoms with Crippen LogP contribution >= 0.6 is 0 Å². The Bertz CT molecular complexity index is 705. The molecule has 27 heavy (non-hydrogen) atoms. The van der Waals surface area contributed by atoms with Crippen LogP contribution in [0.15, 0.2) is 6.07 Å². The van der Waals surface area contributed by atoms with Crippen molar-refractivity contribution in [2.75, 3.05) is 13.6 Å². The molecule has 0 bridgehead atoms. The zero-order valence-corrected chi connectivity index (χ0v) is 16.3. The number of rotatable bonds is 4. The van der Waals surface area contributed by atoms with E-state index in [-0.39, 0.29) is 36.1 Å². The molecule has 8 heteroatoms. The van der Waals surface area contributed by atoms with Crippen molar-refractivity contribution >= 4 is 17.7 Å². The van der Waals surface area contributed by atoms with E-state index in [4.69, 9.17) is 0 Å². The maximum Gasteiger partial charge on any atom is 0.272 e. The van der Waals surface area contributed by atoms with E-state index in [0.717, 1.165) is 31.4 Å². The molecule has 2 N–H and O–H groups in total. The number of aromatic nitrogens is 2. The zero-order valence-electron chi connectivity index (χ0n) is 16.3. The lowest BCUT2D eigenvalue weighted by molar-refractivity contribution is -0.135. The molecule has 2 heterocycles. The molecule has 1 aromatic rings. The van der Waals surface area contributed by atoms with Crippen LogP contribution in [0.1, 0.15) is 54.7 Å². The second kappa shape index (κ2) is 8.10. The van der Waals surface area contributed by atoms with Gasteiger partial charge in [0.25, 0.3) is 5.91 Å². The molecular formula is C19H29N5O3. The van der Waals surface area contributed by atoms with Gasteiger partial charge in [-0.2, -0.15) is 5.10 Å². The van der Waals surface area contributed by atoms with Crippen molar-refractivity contribution in [3.8, 4) is 0 Å². The standard InChI is InChI=1S/C19H29N5O3/c1-12-9-16(22-24(12)3)19(27)21-15-6-4-5-13(10-17(25)23(2)11-15)18(26)20-14-7-8-14/h9,13-15H,4-8,10-11H2,1-3H3,(H,20,26)(H,21,27)/t13-,15-/m1/s1.